The molecule has 0 radical (unpaired) electrons. The minimum Gasteiger partial charge on any atom is -0.465 e. The van der Waals surface area contributed by atoms with Gasteiger partial charge in [-0.05, 0) is 37.6 Å². The van der Waals surface area contributed by atoms with Crippen LogP contribution in [0.5, 0.6) is 0 Å². The van der Waals surface area contributed by atoms with Gasteiger partial charge in [0.15, 0.2) is 0 Å². The second-order valence-corrected chi connectivity index (χ2v) is 8.77. The van der Waals surface area contributed by atoms with Crippen molar-refractivity contribution >= 4 is 28.5 Å². The molecule has 4 rings (SSSR count). The van der Waals surface area contributed by atoms with Gasteiger partial charge in [0.2, 0.25) is 5.95 Å². The van der Waals surface area contributed by atoms with Crippen LogP contribution >= 0.6 is 0 Å². The highest BCUT2D eigenvalue weighted by Crippen LogP contribution is 2.32. The number of carbonyl (C=O) groups is 1. The number of aryl methyl sites for hydroxylation is 1. The Hall–Kier alpha value is -3.49. The van der Waals surface area contributed by atoms with E-state index in [1.54, 1.807) is 36.2 Å². The SMILES string of the molecule is COC(=O)c1ccccc1NC(C)c1cc(C)cc2c(=O)n(C)c(N3CCC(F)(F)CC3)nc12. The molecule has 0 amide bonds. The second-order valence-electron chi connectivity index (χ2n) is 8.77. The molecule has 2 aromatic carbocycles. The lowest BCUT2D eigenvalue weighted by molar-refractivity contribution is -0.0223. The molecule has 0 saturated carbocycles. The molecule has 34 heavy (non-hydrogen) atoms. The number of halogens is 2. The summed E-state index contributed by atoms with van der Waals surface area (Å²) in [7, 11) is 2.95. The fourth-order valence-electron chi connectivity index (χ4n) is 4.40. The Morgan fingerprint density at radius 1 is 1.21 bits per heavy atom. The van der Waals surface area contributed by atoms with E-state index in [0.717, 1.165) is 11.1 Å². The van der Waals surface area contributed by atoms with Gasteiger partial charge >= 0.3 is 5.97 Å². The van der Waals surface area contributed by atoms with Crippen LogP contribution in [0.25, 0.3) is 10.9 Å². The van der Waals surface area contributed by atoms with E-state index in [9.17, 15) is 18.4 Å². The first-order valence-electron chi connectivity index (χ1n) is 11.2. The Morgan fingerprint density at radius 3 is 2.56 bits per heavy atom. The Bertz CT molecular complexity index is 1300. The van der Waals surface area contributed by atoms with Crippen LogP contribution in [0.4, 0.5) is 20.4 Å². The number of piperidine rings is 1. The zero-order chi connectivity index (χ0) is 24.6. The zero-order valence-electron chi connectivity index (χ0n) is 19.7. The number of rotatable bonds is 5. The number of para-hydroxylation sites is 1. The first-order chi connectivity index (χ1) is 16.1. The normalized spacial score (nSPS) is 16.4. The Balaban J connectivity index is 1.78. The van der Waals surface area contributed by atoms with Crippen LogP contribution in [-0.2, 0) is 11.8 Å². The average molecular weight is 471 g/mol. The van der Waals surface area contributed by atoms with Gasteiger partial charge in [-0.25, -0.2) is 18.6 Å². The molecule has 180 valence electrons. The molecular weight excluding hydrogens is 442 g/mol. The maximum absolute atomic E-state index is 13.7. The number of anilines is 2. The molecule has 9 heteroatoms. The molecule has 1 aliphatic heterocycles. The van der Waals surface area contributed by atoms with Crippen molar-refractivity contribution in [2.75, 3.05) is 30.4 Å². The fourth-order valence-corrected chi connectivity index (χ4v) is 4.40. The van der Waals surface area contributed by atoms with Crippen LogP contribution in [0.1, 0.15) is 47.3 Å². The molecule has 7 nitrogen and oxygen atoms in total. The number of hydrogen-bond acceptors (Lipinski definition) is 6. The molecule has 2 heterocycles. The minimum absolute atomic E-state index is 0.125. The summed E-state index contributed by atoms with van der Waals surface area (Å²) >= 11 is 0. The van der Waals surface area contributed by atoms with Crippen LogP contribution in [0.3, 0.4) is 0 Å². The third kappa shape index (κ3) is 4.47. The largest absolute Gasteiger partial charge is 0.465 e. The lowest BCUT2D eigenvalue weighted by Gasteiger charge is -2.33. The number of benzene rings is 2. The van der Waals surface area contributed by atoms with Gasteiger partial charge in [0.1, 0.15) is 0 Å². The molecule has 0 aliphatic carbocycles. The van der Waals surface area contributed by atoms with Crippen molar-refractivity contribution in [3.8, 4) is 0 Å². The number of nitrogens with one attached hydrogen (secondary N) is 1. The summed E-state index contributed by atoms with van der Waals surface area (Å²) in [5, 5.41) is 3.80. The van der Waals surface area contributed by atoms with Gasteiger partial charge in [-0.1, -0.05) is 18.2 Å². The van der Waals surface area contributed by atoms with Gasteiger partial charge in [-0.3, -0.25) is 9.36 Å². The summed E-state index contributed by atoms with van der Waals surface area (Å²) in [5.74, 6) is -2.78. The predicted octanol–water partition coefficient (Wildman–Crippen LogP) is 4.44. The van der Waals surface area contributed by atoms with E-state index in [-0.39, 0.29) is 37.5 Å². The van der Waals surface area contributed by atoms with Crippen LogP contribution in [0.15, 0.2) is 41.2 Å². The van der Waals surface area contributed by atoms with Gasteiger partial charge in [-0.2, -0.15) is 0 Å². The highest BCUT2D eigenvalue weighted by Gasteiger charge is 2.35. The van der Waals surface area contributed by atoms with E-state index in [0.29, 0.717) is 28.1 Å². The van der Waals surface area contributed by atoms with Crippen molar-refractivity contribution in [3.63, 3.8) is 0 Å². The van der Waals surface area contributed by atoms with Crippen LogP contribution in [0, 0.1) is 6.92 Å². The fraction of sp³-hybridized carbons (Fsp3) is 0.400. The van der Waals surface area contributed by atoms with Crippen molar-refractivity contribution in [3.05, 3.63) is 63.4 Å². The Morgan fingerprint density at radius 2 is 1.88 bits per heavy atom. The Kier molecular flexibility index (Phi) is 6.29. The average Bonchev–Trinajstić information content (AvgIpc) is 2.81. The lowest BCUT2D eigenvalue weighted by atomic mass is 10.0. The van der Waals surface area contributed by atoms with E-state index in [1.807, 2.05) is 26.0 Å². The van der Waals surface area contributed by atoms with Gasteiger partial charge in [0, 0.05) is 44.2 Å². The molecule has 1 N–H and O–H groups in total. The monoisotopic (exact) mass is 470 g/mol. The van der Waals surface area contributed by atoms with Crippen molar-refractivity contribution in [2.45, 2.75) is 38.7 Å². The smallest absolute Gasteiger partial charge is 0.339 e. The van der Waals surface area contributed by atoms with Crippen molar-refractivity contribution < 1.29 is 18.3 Å². The topological polar surface area (TPSA) is 76.5 Å². The summed E-state index contributed by atoms with van der Waals surface area (Å²) in [6, 6.07) is 10.4. The molecule has 3 aromatic rings. The molecule has 1 fully saturated rings. The minimum atomic E-state index is -2.69. The number of fused-ring (bicyclic) bond motifs is 1. The van der Waals surface area contributed by atoms with Crippen LogP contribution < -0.4 is 15.8 Å². The molecule has 1 atom stereocenters. The Labute approximate surface area is 196 Å². The molecule has 0 spiro atoms. The third-order valence-corrected chi connectivity index (χ3v) is 6.28. The maximum atomic E-state index is 13.7. The summed E-state index contributed by atoms with van der Waals surface area (Å²) in [6.45, 7) is 4.07. The number of hydrogen-bond donors (Lipinski definition) is 1. The van der Waals surface area contributed by atoms with Gasteiger partial charge in [0.25, 0.3) is 11.5 Å². The summed E-state index contributed by atoms with van der Waals surface area (Å²) in [4.78, 5) is 32.0. The summed E-state index contributed by atoms with van der Waals surface area (Å²) < 4.78 is 33.7. The molecular formula is C25H28F2N4O3. The number of methoxy groups -OCH3 is 1. The number of esters is 1. The van der Waals surface area contributed by atoms with Crippen LogP contribution in [0.2, 0.25) is 0 Å². The summed E-state index contributed by atoms with van der Waals surface area (Å²) in [5.41, 5.74) is 2.94. The van der Waals surface area contributed by atoms with E-state index in [2.05, 4.69) is 5.32 Å². The highest BCUT2D eigenvalue weighted by atomic mass is 19.3. The maximum Gasteiger partial charge on any atom is 0.339 e. The molecule has 1 aliphatic rings. The second kappa shape index (κ2) is 9.04. The van der Waals surface area contributed by atoms with E-state index < -0.39 is 11.9 Å². The molecule has 1 unspecified atom stereocenters. The highest BCUT2D eigenvalue weighted by molar-refractivity contribution is 5.95. The lowest BCUT2D eigenvalue weighted by Crippen LogP contribution is -2.42. The van der Waals surface area contributed by atoms with E-state index in [4.69, 9.17) is 9.72 Å². The zero-order valence-corrected chi connectivity index (χ0v) is 19.7. The predicted molar refractivity (Wildman–Crippen MR) is 128 cm³/mol. The van der Waals surface area contributed by atoms with Crippen molar-refractivity contribution in [1.82, 2.24) is 9.55 Å². The number of alkyl halides is 2. The van der Waals surface area contributed by atoms with Gasteiger partial charge in [-0.15, -0.1) is 0 Å². The van der Waals surface area contributed by atoms with E-state index in [1.165, 1.54) is 11.7 Å². The van der Waals surface area contributed by atoms with Gasteiger partial charge < -0.3 is 15.0 Å². The van der Waals surface area contributed by atoms with E-state index >= 15 is 0 Å². The standard InChI is InChI=1S/C25H28F2N4O3/c1-15-13-18(16(2)28-20-8-6-5-7-17(20)23(33)34-4)21-19(14-15)22(32)30(3)24(29-21)31-11-9-25(26,27)10-12-31/h5-8,13-14,16,28H,9-12H2,1-4H3. The van der Waals surface area contributed by atoms with Crippen molar-refractivity contribution in [2.24, 2.45) is 7.05 Å². The first kappa shape index (κ1) is 23.7. The van der Waals surface area contributed by atoms with Crippen molar-refractivity contribution in [1.29, 1.82) is 0 Å². The number of nitrogens with zero attached hydrogens (tertiary/aromatic N) is 3. The number of ether oxygens (including phenoxy) is 1. The number of aromatic nitrogens is 2. The molecule has 0 bridgehead atoms. The number of carbonyl (C=O) groups excluding carboxylic acids is 1. The molecule has 1 aromatic heterocycles. The first-order valence-corrected chi connectivity index (χ1v) is 11.2. The summed E-state index contributed by atoms with van der Waals surface area (Å²) in [6.07, 6.45) is -0.548. The van der Waals surface area contributed by atoms with Crippen LogP contribution in [-0.4, -0.2) is 41.6 Å². The van der Waals surface area contributed by atoms with Gasteiger partial charge in [0.05, 0.1) is 29.6 Å². The third-order valence-electron chi connectivity index (χ3n) is 6.28. The quantitative estimate of drug-likeness (QED) is 0.556. The molecule has 1 saturated heterocycles.